The van der Waals surface area contributed by atoms with E-state index in [1.807, 2.05) is 48.7 Å². The van der Waals surface area contributed by atoms with Crippen molar-refractivity contribution in [2.45, 2.75) is 18.4 Å². The minimum absolute atomic E-state index is 0.0695. The highest BCUT2D eigenvalue weighted by Crippen LogP contribution is 2.29. The number of rotatable bonds is 8. The molecule has 0 saturated heterocycles. The third-order valence-corrected chi connectivity index (χ3v) is 7.89. The van der Waals surface area contributed by atoms with E-state index in [4.69, 9.17) is 0 Å². The Bertz CT molecular complexity index is 1400. The molecule has 1 amide bonds. The molecule has 4 aromatic rings. The molecule has 0 radical (unpaired) electrons. The van der Waals surface area contributed by atoms with E-state index >= 15 is 0 Å². The number of thiophene rings is 1. The van der Waals surface area contributed by atoms with E-state index < -0.39 is 15.9 Å². The third-order valence-electron chi connectivity index (χ3n) is 5.17. The minimum Gasteiger partial charge on any atom is -0.267 e. The molecule has 0 aliphatic heterocycles. The van der Waals surface area contributed by atoms with E-state index in [1.54, 1.807) is 60.8 Å². The van der Waals surface area contributed by atoms with Crippen LogP contribution in [-0.2, 0) is 16.6 Å². The second kappa shape index (κ2) is 10.5. The Hall–Kier alpha value is -3.75. The fourth-order valence-electron chi connectivity index (χ4n) is 3.38. The zero-order chi connectivity index (χ0) is 24.0. The summed E-state index contributed by atoms with van der Waals surface area (Å²) < 4.78 is 28.6. The van der Waals surface area contributed by atoms with Gasteiger partial charge in [0.1, 0.15) is 0 Å². The molecule has 8 heteroatoms. The summed E-state index contributed by atoms with van der Waals surface area (Å²) in [5, 5.41) is 6.02. The maximum absolute atomic E-state index is 13.7. The lowest BCUT2D eigenvalue weighted by atomic mass is 10.1. The van der Waals surface area contributed by atoms with Crippen molar-refractivity contribution >= 4 is 39.2 Å². The van der Waals surface area contributed by atoms with Crippen LogP contribution in [0.15, 0.2) is 106 Å². The molecule has 34 heavy (non-hydrogen) atoms. The molecule has 0 fully saturated rings. The number of anilines is 1. The number of amides is 1. The third kappa shape index (κ3) is 5.24. The monoisotopic (exact) mass is 489 g/mol. The Balaban J connectivity index is 1.71. The van der Waals surface area contributed by atoms with Gasteiger partial charge in [0.25, 0.3) is 15.9 Å². The van der Waals surface area contributed by atoms with Crippen LogP contribution in [0.2, 0.25) is 0 Å². The fourth-order valence-corrected chi connectivity index (χ4v) is 5.66. The van der Waals surface area contributed by atoms with E-state index in [9.17, 15) is 13.2 Å². The average Bonchev–Trinajstić information content (AvgIpc) is 3.28. The van der Waals surface area contributed by atoms with Gasteiger partial charge in [0.2, 0.25) is 0 Å². The fraction of sp³-hybridized carbons (Fsp3) is 0.0769. The number of hydrazone groups is 1. The summed E-state index contributed by atoms with van der Waals surface area (Å²) in [6, 6.07) is 26.1. The van der Waals surface area contributed by atoms with E-state index in [1.165, 1.54) is 15.6 Å². The van der Waals surface area contributed by atoms with Crippen LogP contribution in [0.1, 0.15) is 26.4 Å². The highest BCUT2D eigenvalue weighted by atomic mass is 32.2. The molecule has 0 saturated carbocycles. The number of sulfonamides is 1. The first kappa shape index (κ1) is 23.4. The molecule has 1 aromatic heterocycles. The molecule has 0 aliphatic carbocycles. The zero-order valence-electron chi connectivity index (χ0n) is 18.5. The summed E-state index contributed by atoms with van der Waals surface area (Å²) in [6.45, 7) is 2.03. The van der Waals surface area contributed by atoms with Gasteiger partial charge in [-0.25, -0.2) is 13.8 Å². The van der Waals surface area contributed by atoms with Gasteiger partial charge in [-0.3, -0.25) is 9.10 Å². The molecule has 0 atom stereocenters. The molecule has 0 spiro atoms. The van der Waals surface area contributed by atoms with Crippen LogP contribution in [0.4, 0.5) is 5.69 Å². The molecule has 6 nitrogen and oxygen atoms in total. The quantitative estimate of drug-likeness (QED) is 0.272. The largest absolute Gasteiger partial charge is 0.273 e. The van der Waals surface area contributed by atoms with Crippen molar-refractivity contribution in [1.82, 2.24) is 5.43 Å². The number of nitrogens with one attached hydrogen (secondary N) is 1. The average molecular weight is 490 g/mol. The second-order valence-corrected chi connectivity index (χ2v) is 10.3. The highest BCUT2D eigenvalue weighted by molar-refractivity contribution is 7.92. The van der Waals surface area contributed by atoms with Gasteiger partial charge in [0.15, 0.2) is 0 Å². The molecule has 0 bridgehead atoms. The summed E-state index contributed by atoms with van der Waals surface area (Å²) in [4.78, 5) is 14.1. The van der Waals surface area contributed by atoms with E-state index in [-0.39, 0.29) is 22.7 Å². The summed E-state index contributed by atoms with van der Waals surface area (Å²) in [7, 11) is -3.95. The zero-order valence-corrected chi connectivity index (χ0v) is 20.1. The van der Waals surface area contributed by atoms with Gasteiger partial charge in [0.05, 0.1) is 28.9 Å². The maximum Gasteiger partial charge on any atom is 0.273 e. The van der Waals surface area contributed by atoms with Crippen molar-refractivity contribution in [3.05, 3.63) is 118 Å². The van der Waals surface area contributed by atoms with E-state index in [2.05, 4.69) is 10.5 Å². The molecule has 3 aromatic carbocycles. The van der Waals surface area contributed by atoms with Crippen LogP contribution in [0, 0.1) is 6.92 Å². The van der Waals surface area contributed by atoms with Crippen molar-refractivity contribution in [2.75, 3.05) is 4.31 Å². The molecule has 0 unspecified atom stereocenters. The Labute approximate surface area is 203 Å². The SMILES string of the molecule is Cc1ccsc1/C=N\NC(=O)c1ccccc1N(Cc1ccccc1)S(=O)(=O)c1ccccc1. The minimum atomic E-state index is -3.95. The number of para-hydroxylation sites is 1. The van der Waals surface area contributed by atoms with Crippen LogP contribution in [0.5, 0.6) is 0 Å². The number of hydrogen-bond acceptors (Lipinski definition) is 5. The van der Waals surface area contributed by atoms with Gasteiger partial charge < -0.3 is 0 Å². The number of benzene rings is 3. The van der Waals surface area contributed by atoms with Gasteiger partial charge in [0, 0.05) is 4.88 Å². The molecule has 0 aliphatic rings. The van der Waals surface area contributed by atoms with Crippen LogP contribution in [0.3, 0.4) is 0 Å². The van der Waals surface area contributed by atoms with Crippen molar-refractivity contribution in [3.8, 4) is 0 Å². The van der Waals surface area contributed by atoms with Crippen LogP contribution < -0.4 is 9.73 Å². The number of carbonyl (C=O) groups is 1. The number of hydrogen-bond donors (Lipinski definition) is 1. The standard InChI is InChI=1S/C26H23N3O3S2/c1-20-16-17-33-25(20)18-27-28-26(30)23-14-8-9-15-24(23)29(19-21-10-4-2-5-11-21)34(31,32)22-12-6-3-7-13-22/h2-18H,19H2,1H3,(H,28,30)/b27-18-. The van der Waals surface area contributed by atoms with Crippen LogP contribution >= 0.6 is 11.3 Å². The highest BCUT2D eigenvalue weighted by Gasteiger charge is 2.28. The first-order valence-corrected chi connectivity index (χ1v) is 12.9. The Morgan fingerprint density at radius 2 is 1.59 bits per heavy atom. The van der Waals surface area contributed by atoms with Gasteiger partial charge in [-0.2, -0.15) is 5.10 Å². The lowest BCUT2D eigenvalue weighted by molar-refractivity contribution is 0.0956. The second-order valence-electron chi connectivity index (χ2n) is 7.49. The molecular formula is C26H23N3O3S2. The summed E-state index contributed by atoms with van der Waals surface area (Å²) in [5.41, 5.74) is 4.87. The van der Waals surface area contributed by atoms with E-state index in [0.717, 1.165) is 16.0 Å². The van der Waals surface area contributed by atoms with Crippen molar-refractivity contribution < 1.29 is 13.2 Å². The van der Waals surface area contributed by atoms with E-state index in [0.29, 0.717) is 0 Å². The van der Waals surface area contributed by atoms with Gasteiger partial charge in [-0.05, 0) is 53.8 Å². The van der Waals surface area contributed by atoms with Crippen LogP contribution in [-0.4, -0.2) is 20.5 Å². The Morgan fingerprint density at radius 3 is 2.26 bits per heavy atom. The first-order valence-electron chi connectivity index (χ1n) is 10.5. The molecule has 4 rings (SSSR count). The van der Waals surface area contributed by atoms with Crippen molar-refractivity contribution in [3.63, 3.8) is 0 Å². The maximum atomic E-state index is 13.7. The summed E-state index contributed by atoms with van der Waals surface area (Å²) >= 11 is 1.52. The van der Waals surface area contributed by atoms with Crippen molar-refractivity contribution in [1.29, 1.82) is 0 Å². The van der Waals surface area contributed by atoms with Crippen molar-refractivity contribution in [2.24, 2.45) is 5.10 Å². The number of aryl methyl sites for hydroxylation is 1. The lowest BCUT2D eigenvalue weighted by Gasteiger charge is -2.26. The Kier molecular flexibility index (Phi) is 7.20. The molecule has 172 valence electrons. The summed E-state index contributed by atoms with van der Waals surface area (Å²) in [5.74, 6) is -0.498. The normalized spacial score (nSPS) is 11.4. The summed E-state index contributed by atoms with van der Waals surface area (Å²) in [6.07, 6.45) is 1.59. The topological polar surface area (TPSA) is 78.8 Å². The smallest absolute Gasteiger partial charge is 0.267 e. The van der Waals surface area contributed by atoms with Gasteiger partial charge >= 0.3 is 0 Å². The lowest BCUT2D eigenvalue weighted by Crippen LogP contribution is -2.33. The number of carbonyl (C=O) groups excluding carboxylic acids is 1. The van der Waals surface area contributed by atoms with Crippen LogP contribution in [0.25, 0.3) is 0 Å². The van der Waals surface area contributed by atoms with Gasteiger partial charge in [-0.15, -0.1) is 11.3 Å². The number of nitrogens with zero attached hydrogens (tertiary/aromatic N) is 2. The molecular weight excluding hydrogens is 466 g/mol. The Morgan fingerprint density at radius 1 is 0.941 bits per heavy atom. The predicted molar refractivity (Wildman–Crippen MR) is 137 cm³/mol. The molecule has 1 N–H and O–H groups in total. The predicted octanol–water partition coefficient (Wildman–Crippen LogP) is 5.22. The molecule has 1 heterocycles. The van der Waals surface area contributed by atoms with Gasteiger partial charge in [-0.1, -0.05) is 60.7 Å². The first-order chi connectivity index (χ1) is 16.5.